The van der Waals surface area contributed by atoms with E-state index in [0.717, 1.165) is 11.1 Å². The summed E-state index contributed by atoms with van der Waals surface area (Å²) in [6.07, 6.45) is 0.373. The van der Waals surface area contributed by atoms with Crippen molar-refractivity contribution in [1.82, 2.24) is 0 Å². The summed E-state index contributed by atoms with van der Waals surface area (Å²) >= 11 is 0. The molecule has 0 heterocycles. The molecule has 0 aliphatic heterocycles. The van der Waals surface area contributed by atoms with E-state index in [1.165, 1.54) is 0 Å². The zero-order chi connectivity index (χ0) is 15.4. The van der Waals surface area contributed by atoms with Crippen LogP contribution in [-0.2, 0) is 0 Å². The molecule has 0 aromatic heterocycles. The molecular weight excluding hydrogens is 264 g/mol. The average molecular weight is 282 g/mol. The summed E-state index contributed by atoms with van der Waals surface area (Å²) in [5, 5.41) is 0. The van der Waals surface area contributed by atoms with E-state index >= 15 is 0 Å². The topological polar surface area (TPSA) is 43.4 Å². The standard InChI is InChI=1S/C18H18O3/c1-4-16(19)15-11-10-12(2)13(3)17(15)21-18(20)14-8-6-5-7-9-14/h5-11H,4H2,1-3H3. The van der Waals surface area contributed by atoms with Crippen molar-refractivity contribution in [3.63, 3.8) is 0 Å². The molecular formula is C18H18O3. The fourth-order valence-corrected chi connectivity index (χ4v) is 2.06. The van der Waals surface area contributed by atoms with Crippen LogP contribution >= 0.6 is 0 Å². The summed E-state index contributed by atoms with van der Waals surface area (Å²) in [5.41, 5.74) is 2.73. The Balaban J connectivity index is 2.41. The number of Topliss-reactive ketones (excluding diaryl/α,β-unsaturated/α-hetero) is 1. The Morgan fingerprint density at radius 3 is 2.29 bits per heavy atom. The van der Waals surface area contributed by atoms with E-state index in [1.54, 1.807) is 37.3 Å². The smallest absolute Gasteiger partial charge is 0.343 e. The Kier molecular flexibility index (Phi) is 4.53. The number of carbonyl (C=O) groups excluding carboxylic acids is 2. The lowest BCUT2D eigenvalue weighted by atomic mass is 10.0. The Labute approximate surface area is 124 Å². The van der Waals surface area contributed by atoms with Gasteiger partial charge in [0.05, 0.1) is 11.1 Å². The minimum absolute atomic E-state index is 0.0334. The van der Waals surface area contributed by atoms with Crippen LogP contribution in [0.1, 0.15) is 45.2 Å². The van der Waals surface area contributed by atoms with Crippen LogP contribution in [0.2, 0.25) is 0 Å². The van der Waals surface area contributed by atoms with E-state index in [-0.39, 0.29) is 5.78 Å². The molecule has 0 spiro atoms. The maximum atomic E-state index is 12.2. The van der Waals surface area contributed by atoms with Gasteiger partial charge in [0.1, 0.15) is 5.75 Å². The van der Waals surface area contributed by atoms with Crippen molar-refractivity contribution in [2.45, 2.75) is 27.2 Å². The third-order valence-corrected chi connectivity index (χ3v) is 3.50. The van der Waals surface area contributed by atoms with Crippen LogP contribution in [0.4, 0.5) is 0 Å². The molecule has 3 nitrogen and oxygen atoms in total. The molecule has 2 aromatic carbocycles. The van der Waals surface area contributed by atoms with Crippen LogP contribution in [0.15, 0.2) is 42.5 Å². The fraction of sp³-hybridized carbons (Fsp3) is 0.222. The predicted octanol–water partition coefficient (Wildman–Crippen LogP) is 4.12. The summed E-state index contributed by atoms with van der Waals surface area (Å²) in [6.45, 7) is 5.57. The molecule has 108 valence electrons. The largest absolute Gasteiger partial charge is 0.422 e. The number of carbonyl (C=O) groups is 2. The molecule has 0 fully saturated rings. The van der Waals surface area contributed by atoms with E-state index in [0.29, 0.717) is 23.3 Å². The summed E-state index contributed by atoms with van der Waals surface area (Å²) in [7, 11) is 0. The van der Waals surface area contributed by atoms with Crippen molar-refractivity contribution in [3.05, 3.63) is 64.7 Å². The van der Waals surface area contributed by atoms with E-state index in [9.17, 15) is 9.59 Å². The zero-order valence-electron chi connectivity index (χ0n) is 12.5. The van der Waals surface area contributed by atoms with Gasteiger partial charge in [0.2, 0.25) is 0 Å². The van der Waals surface area contributed by atoms with Crippen LogP contribution < -0.4 is 4.74 Å². The first-order chi connectivity index (χ1) is 10.0. The second-order valence-electron chi connectivity index (χ2n) is 4.92. The van der Waals surface area contributed by atoms with E-state index in [2.05, 4.69) is 0 Å². The van der Waals surface area contributed by atoms with Crippen molar-refractivity contribution in [2.75, 3.05) is 0 Å². The summed E-state index contributed by atoms with van der Waals surface area (Å²) in [6, 6.07) is 12.4. The first-order valence-electron chi connectivity index (χ1n) is 6.95. The number of rotatable bonds is 4. The van der Waals surface area contributed by atoms with E-state index < -0.39 is 5.97 Å². The molecule has 0 aliphatic rings. The molecule has 0 radical (unpaired) electrons. The van der Waals surface area contributed by atoms with Crippen molar-refractivity contribution >= 4 is 11.8 Å². The highest BCUT2D eigenvalue weighted by atomic mass is 16.5. The molecule has 2 aromatic rings. The monoisotopic (exact) mass is 282 g/mol. The van der Waals surface area contributed by atoms with Crippen molar-refractivity contribution in [2.24, 2.45) is 0 Å². The molecule has 2 rings (SSSR count). The maximum absolute atomic E-state index is 12.2. The minimum Gasteiger partial charge on any atom is -0.422 e. The zero-order valence-corrected chi connectivity index (χ0v) is 12.5. The van der Waals surface area contributed by atoms with Gasteiger partial charge in [-0.3, -0.25) is 4.79 Å². The van der Waals surface area contributed by atoms with Gasteiger partial charge in [-0.05, 0) is 43.2 Å². The van der Waals surface area contributed by atoms with Crippen LogP contribution in [0.25, 0.3) is 0 Å². The highest BCUT2D eigenvalue weighted by Gasteiger charge is 2.18. The summed E-state index contributed by atoms with van der Waals surface area (Å²) in [5.74, 6) is -0.112. The second-order valence-corrected chi connectivity index (χ2v) is 4.92. The number of ether oxygens (including phenoxy) is 1. The second kappa shape index (κ2) is 6.35. The molecule has 0 atom stereocenters. The third kappa shape index (κ3) is 3.19. The fourth-order valence-electron chi connectivity index (χ4n) is 2.06. The van der Waals surface area contributed by atoms with Gasteiger partial charge < -0.3 is 4.74 Å². The van der Waals surface area contributed by atoms with Gasteiger partial charge in [0.25, 0.3) is 0 Å². The van der Waals surface area contributed by atoms with Gasteiger partial charge in [-0.15, -0.1) is 0 Å². The lowest BCUT2D eigenvalue weighted by Crippen LogP contribution is -2.13. The first-order valence-corrected chi connectivity index (χ1v) is 6.95. The highest BCUT2D eigenvalue weighted by Crippen LogP contribution is 2.28. The Morgan fingerprint density at radius 1 is 1.00 bits per heavy atom. The molecule has 0 N–H and O–H groups in total. The van der Waals surface area contributed by atoms with Crippen LogP contribution in [0.3, 0.4) is 0 Å². The minimum atomic E-state index is -0.450. The van der Waals surface area contributed by atoms with Crippen LogP contribution in [0, 0.1) is 13.8 Å². The van der Waals surface area contributed by atoms with Crippen LogP contribution in [-0.4, -0.2) is 11.8 Å². The Morgan fingerprint density at radius 2 is 1.67 bits per heavy atom. The lowest BCUT2D eigenvalue weighted by molar-refractivity contribution is 0.0731. The average Bonchev–Trinajstić information content (AvgIpc) is 2.52. The van der Waals surface area contributed by atoms with Crippen molar-refractivity contribution in [3.8, 4) is 5.75 Å². The predicted molar refractivity (Wildman–Crippen MR) is 81.9 cm³/mol. The Bertz CT molecular complexity index is 672. The molecule has 0 saturated carbocycles. The molecule has 0 saturated heterocycles. The molecule has 0 aliphatic carbocycles. The number of aryl methyl sites for hydroxylation is 1. The summed E-state index contributed by atoms with van der Waals surface area (Å²) in [4.78, 5) is 24.2. The first kappa shape index (κ1) is 15.0. The number of hydrogen-bond donors (Lipinski definition) is 0. The molecule has 0 bridgehead atoms. The summed E-state index contributed by atoms with van der Waals surface area (Å²) < 4.78 is 5.51. The van der Waals surface area contributed by atoms with Gasteiger partial charge in [0, 0.05) is 6.42 Å². The maximum Gasteiger partial charge on any atom is 0.343 e. The van der Waals surface area contributed by atoms with Gasteiger partial charge in [0.15, 0.2) is 5.78 Å². The number of esters is 1. The van der Waals surface area contributed by atoms with Crippen LogP contribution in [0.5, 0.6) is 5.75 Å². The normalized spacial score (nSPS) is 10.2. The Hall–Kier alpha value is -2.42. The van der Waals surface area contributed by atoms with Crippen molar-refractivity contribution in [1.29, 1.82) is 0 Å². The lowest BCUT2D eigenvalue weighted by Gasteiger charge is -2.13. The number of hydrogen-bond acceptors (Lipinski definition) is 3. The van der Waals surface area contributed by atoms with E-state index in [4.69, 9.17) is 4.74 Å². The van der Waals surface area contributed by atoms with Gasteiger partial charge in [-0.25, -0.2) is 4.79 Å². The molecule has 21 heavy (non-hydrogen) atoms. The van der Waals surface area contributed by atoms with Gasteiger partial charge in [-0.2, -0.15) is 0 Å². The number of benzene rings is 2. The third-order valence-electron chi connectivity index (χ3n) is 3.50. The van der Waals surface area contributed by atoms with Gasteiger partial charge >= 0.3 is 5.97 Å². The van der Waals surface area contributed by atoms with E-state index in [1.807, 2.05) is 26.0 Å². The molecule has 0 unspecified atom stereocenters. The van der Waals surface area contributed by atoms with Gasteiger partial charge in [-0.1, -0.05) is 31.2 Å². The van der Waals surface area contributed by atoms with Crippen molar-refractivity contribution < 1.29 is 14.3 Å². The molecule has 0 amide bonds. The highest BCUT2D eigenvalue weighted by molar-refractivity contribution is 6.00. The number of ketones is 1. The quantitative estimate of drug-likeness (QED) is 0.481. The SMILES string of the molecule is CCC(=O)c1ccc(C)c(C)c1OC(=O)c1ccccc1. The molecule has 3 heteroatoms.